The van der Waals surface area contributed by atoms with Crippen LogP contribution in [0.2, 0.25) is 5.02 Å². The van der Waals surface area contributed by atoms with E-state index in [0.29, 0.717) is 29.2 Å². The van der Waals surface area contributed by atoms with Gasteiger partial charge in [-0.2, -0.15) is 4.98 Å². The molecule has 0 bridgehead atoms. The second kappa shape index (κ2) is 11.7. The highest BCUT2D eigenvalue weighted by Gasteiger charge is 2.26. The highest BCUT2D eigenvalue weighted by atomic mass is 127. The first-order valence-electron chi connectivity index (χ1n) is 9.89. The summed E-state index contributed by atoms with van der Waals surface area (Å²) in [6.07, 6.45) is 1.19. The fraction of sp³-hybridized carbons (Fsp3) is 0.550. The quantitative estimate of drug-likeness (QED) is 0.333. The van der Waals surface area contributed by atoms with Crippen molar-refractivity contribution >= 4 is 41.5 Å². The van der Waals surface area contributed by atoms with Crippen molar-refractivity contribution in [1.29, 1.82) is 0 Å². The summed E-state index contributed by atoms with van der Waals surface area (Å²) in [5, 5.41) is 8.04. The van der Waals surface area contributed by atoms with Crippen molar-refractivity contribution in [2.75, 3.05) is 39.8 Å². The molecule has 9 heteroatoms. The predicted molar refractivity (Wildman–Crippen MR) is 128 cm³/mol. The molecule has 1 N–H and O–H groups in total. The molecule has 0 saturated carbocycles. The SMILES string of the molecule is CCN(CC)CC1CCN(C(=NC)NCc2nc(-c3cccc(Cl)c3)no2)C1.I. The van der Waals surface area contributed by atoms with Gasteiger partial charge < -0.3 is 19.6 Å². The van der Waals surface area contributed by atoms with Gasteiger partial charge in [0.2, 0.25) is 11.7 Å². The van der Waals surface area contributed by atoms with E-state index in [1.54, 1.807) is 0 Å². The van der Waals surface area contributed by atoms with Crippen LogP contribution in [0.5, 0.6) is 0 Å². The fourth-order valence-corrected chi connectivity index (χ4v) is 3.77. The maximum Gasteiger partial charge on any atom is 0.246 e. The first kappa shape index (κ1) is 23.9. The second-order valence-corrected chi connectivity index (χ2v) is 7.45. The normalized spacial score (nSPS) is 16.9. The van der Waals surface area contributed by atoms with Gasteiger partial charge in [0.25, 0.3) is 0 Å². The van der Waals surface area contributed by atoms with Gasteiger partial charge in [0.15, 0.2) is 5.96 Å². The maximum absolute atomic E-state index is 6.03. The molecule has 2 heterocycles. The van der Waals surface area contributed by atoms with Gasteiger partial charge in [-0.05, 0) is 37.6 Å². The van der Waals surface area contributed by atoms with E-state index in [2.05, 4.69) is 44.1 Å². The highest BCUT2D eigenvalue weighted by Crippen LogP contribution is 2.20. The lowest BCUT2D eigenvalue weighted by molar-refractivity contribution is 0.255. The molecule has 1 aliphatic rings. The van der Waals surface area contributed by atoms with E-state index >= 15 is 0 Å². The summed E-state index contributed by atoms with van der Waals surface area (Å²) in [5.41, 5.74) is 0.839. The Hall–Kier alpha value is -1.39. The maximum atomic E-state index is 6.03. The molecule has 1 aromatic heterocycles. The molecule has 29 heavy (non-hydrogen) atoms. The molecule has 0 spiro atoms. The van der Waals surface area contributed by atoms with Crippen LogP contribution in [0.25, 0.3) is 11.4 Å². The number of halogens is 2. The van der Waals surface area contributed by atoms with E-state index in [1.165, 1.54) is 6.42 Å². The lowest BCUT2D eigenvalue weighted by atomic mass is 10.1. The number of benzene rings is 1. The molecular weight excluding hydrogens is 503 g/mol. The van der Waals surface area contributed by atoms with Gasteiger partial charge in [-0.1, -0.05) is 42.7 Å². The van der Waals surface area contributed by atoms with Crippen LogP contribution in [0.1, 0.15) is 26.2 Å². The van der Waals surface area contributed by atoms with Crippen LogP contribution in [0.15, 0.2) is 33.8 Å². The number of hydrogen-bond donors (Lipinski definition) is 1. The summed E-state index contributed by atoms with van der Waals surface area (Å²) in [6.45, 7) is 10.3. The van der Waals surface area contributed by atoms with E-state index in [-0.39, 0.29) is 24.0 Å². The van der Waals surface area contributed by atoms with Crippen molar-refractivity contribution < 1.29 is 4.52 Å². The minimum Gasteiger partial charge on any atom is -0.347 e. The van der Waals surface area contributed by atoms with E-state index in [1.807, 2.05) is 31.3 Å². The number of guanidine groups is 1. The Morgan fingerprint density at radius 2 is 2.17 bits per heavy atom. The van der Waals surface area contributed by atoms with Crippen LogP contribution in [0.4, 0.5) is 0 Å². The number of likely N-dealkylation sites (tertiary alicyclic amines) is 1. The molecule has 7 nitrogen and oxygen atoms in total. The zero-order chi connectivity index (χ0) is 19.9. The Kier molecular flexibility index (Phi) is 9.64. The summed E-state index contributed by atoms with van der Waals surface area (Å²) in [6, 6.07) is 7.42. The van der Waals surface area contributed by atoms with Crippen LogP contribution in [0, 0.1) is 5.92 Å². The van der Waals surface area contributed by atoms with E-state index in [9.17, 15) is 0 Å². The first-order valence-corrected chi connectivity index (χ1v) is 10.3. The number of aliphatic imine (C=N–C) groups is 1. The smallest absolute Gasteiger partial charge is 0.246 e. The molecule has 3 rings (SSSR count). The number of nitrogens with zero attached hydrogens (tertiary/aromatic N) is 5. The molecular formula is C20H30ClIN6O. The molecule has 1 atom stereocenters. The Bertz CT molecular complexity index is 795. The number of rotatable bonds is 7. The molecule has 160 valence electrons. The molecule has 2 aromatic rings. The Balaban J connectivity index is 0.00000300. The molecule has 1 fully saturated rings. The van der Waals surface area contributed by atoms with Crippen LogP contribution in [-0.2, 0) is 6.54 Å². The lowest BCUT2D eigenvalue weighted by Gasteiger charge is -2.24. The van der Waals surface area contributed by atoms with Gasteiger partial charge in [0.05, 0.1) is 6.54 Å². The second-order valence-electron chi connectivity index (χ2n) is 7.01. The van der Waals surface area contributed by atoms with Crippen LogP contribution < -0.4 is 5.32 Å². The molecule has 1 unspecified atom stereocenters. The Morgan fingerprint density at radius 1 is 1.38 bits per heavy atom. The molecule has 0 amide bonds. The van der Waals surface area contributed by atoms with Crippen molar-refractivity contribution in [3.63, 3.8) is 0 Å². The lowest BCUT2D eigenvalue weighted by Crippen LogP contribution is -2.40. The molecule has 0 aliphatic carbocycles. The third-order valence-corrected chi connectivity index (χ3v) is 5.39. The molecule has 1 aliphatic heterocycles. The highest BCUT2D eigenvalue weighted by molar-refractivity contribution is 14.0. The van der Waals surface area contributed by atoms with E-state index in [4.69, 9.17) is 16.1 Å². The van der Waals surface area contributed by atoms with Gasteiger partial charge in [0, 0.05) is 37.3 Å². The van der Waals surface area contributed by atoms with Crippen molar-refractivity contribution in [1.82, 2.24) is 25.3 Å². The summed E-state index contributed by atoms with van der Waals surface area (Å²) in [5.74, 6) is 2.62. The summed E-state index contributed by atoms with van der Waals surface area (Å²) >= 11 is 6.03. The standard InChI is InChI=1S/C20H29ClN6O.HI/c1-4-26(5-2)13-15-9-10-27(14-15)20(22-3)23-12-18-24-19(25-28-18)16-7-6-8-17(21)11-16;/h6-8,11,15H,4-5,9-10,12-14H2,1-3H3,(H,22,23);1H. The molecule has 0 radical (unpaired) electrons. The average molecular weight is 533 g/mol. The van der Waals surface area contributed by atoms with E-state index in [0.717, 1.165) is 44.2 Å². The van der Waals surface area contributed by atoms with Crippen LogP contribution in [0.3, 0.4) is 0 Å². The fourth-order valence-electron chi connectivity index (χ4n) is 3.58. The van der Waals surface area contributed by atoms with Gasteiger partial charge >= 0.3 is 0 Å². The Labute approximate surface area is 194 Å². The largest absolute Gasteiger partial charge is 0.347 e. The van der Waals surface area contributed by atoms with Crippen molar-refractivity contribution in [2.45, 2.75) is 26.8 Å². The minimum atomic E-state index is 0. The topological polar surface area (TPSA) is 69.8 Å². The van der Waals surface area contributed by atoms with Crippen LogP contribution in [-0.4, -0.2) is 65.7 Å². The Morgan fingerprint density at radius 3 is 2.86 bits per heavy atom. The summed E-state index contributed by atoms with van der Waals surface area (Å²) in [4.78, 5) is 13.7. The van der Waals surface area contributed by atoms with Gasteiger partial charge in [-0.3, -0.25) is 4.99 Å². The van der Waals surface area contributed by atoms with E-state index < -0.39 is 0 Å². The van der Waals surface area contributed by atoms with Gasteiger partial charge in [-0.15, -0.1) is 24.0 Å². The summed E-state index contributed by atoms with van der Waals surface area (Å²) < 4.78 is 5.37. The zero-order valence-corrected chi connectivity index (χ0v) is 20.4. The summed E-state index contributed by atoms with van der Waals surface area (Å²) in [7, 11) is 1.81. The van der Waals surface area contributed by atoms with Gasteiger partial charge in [-0.25, -0.2) is 0 Å². The predicted octanol–water partition coefficient (Wildman–Crippen LogP) is 3.75. The molecule has 1 saturated heterocycles. The third-order valence-electron chi connectivity index (χ3n) is 5.16. The first-order chi connectivity index (χ1) is 13.6. The van der Waals surface area contributed by atoms with Crippen molar-refractivity contribution in [2.24, 2.45) is 10.9 Å². The zero-order valence-electron chi connectivity index (χ0n) is 17.3. The number of aromatic nitrogens is 2. The van der Waals surface area contributed by atoms with Crippen LogP contribution >= 0.6 is 35.6 Å². The molecule has 1 aromatic carbocycles. The minimum absolute atomic E-state index is 0. The monoisotopic (exact) mass is 532 g/mol. The third kappa shape index (κ3) is 6.55. The number of hydrogen-bond acceptors (Lipinski definition) is 5. The number of nitrogens with one attached hydrogen (secondary N) is 1. The average Bonchev–Trinajstić information content (AvgIpc) is 3.36. The van der Waals surface area contributed by atoms with Gasteiger partial charge in [0.1, 0.15) is 0 Å². The van der Waals surface area contributed by atoms with Crippen molar-refractivity contribution in [3.8, 4) is 11.4 Å². The van der Waals surface area contributed by atoms with Crippen molar-refractivity contribution in [3.05, 3.63) is 35.2 Å².